The van der Waals surface area contributed by atoms with Gasteiger partial charge in [-0.25, -0.2) is 4.98 Å². The lowest BCUT2D eigenvalue weighted by Crippen LogP contribution is -2.27. The molecule has 1 aliphatic rings. The van der Waals surface area contributed by atoms with Gasteiger partial charge in [-0.2, -0.15) is 0 Å². The molecular formula is C14H22N2O. The van der Waals surface area contributed by atoms with Crippen LogP contribution >= 0.6 is 0 Å². The van der Waals surface area contributed by atoms with Crippen LogP contribution in [0.5, 0.6) is 0 Å². The molecule has 1 aromatic rings. The Kier molecular flexibility index (Phi) is 4.00. The predicted molar refractivity (Wildman–Crippen MR) is 69.5 cm³/mol. The van der Waals surface area contributed by atoms with Crippen LogP contribution in [0.15, 0.2) is 18.3 Å². The monoisotopic (exact) mass is 234 g/mol. The molecule has 1 atom stereocenters. The Labute approximate surface area is 103 Å². The minimum atomic E-state index is -0.269. The maximum Gasteiger partial charge on any atom is 0.126 e. The number of rotatable bonds is 3. The molecule has 1 fully saturated rings. The van der Waals surface area contributed by atoms with Crippen molar-refractivity contribution in [2.45, 2.75) is 45.1 Å². The van der Waals surface area contributed by atoms with Crippen molar-refractivity contribution < 1.29 is 5.11 Å². The molecule has 0 saturated heterocycles. The zero-order chi connectivity index (χ0) is 12.3. The number of hydrogen-bond donors (Lipinski definition) is 2. The Hall–Kier alpha value is -1.09. The summed E-state index contributed by atoms with van der Waals surface area (Å²) in [5.74, 6) is 1.81. The Morgan fingerprint density at radius 2 is 2.12 bits per heavy atom. The maximum absolute atomic E-state index is 10.3. The van der Waals surface area contributed by atoms with E-state index < -0.39 is 0 Å². The number of aliphatic hydroxyl groups is 1. The average molecular weight is 234 g/mol. The highest BCUT2D eigenvalue weighted by Crippen LogP contribution is 2.31. The molecule has 1 aromatic heterocycles. The lowest BCUT2D eigenvalue weighted by atomic mass is 9.79. The summed E-state index contributed by atoms with van der Waals surface area (Å²) in [6.45, 7) is 2.29. The fourth-order valence-corrected chi connectivity index (χ4v) is 2.69. The fourth-order valence-electron chi connectivity index (χ4n) is 2.69. The second-order valence-corrected chi connectivity index (χ2v) is 5.34. The van der Waals surface area contributed by atoms with Crippen LogP contribution in [0.1, 0.15) is 38.2 Å². The number of hydrogen-bond acceptors (Lipinski definition) is 3. The molecule has 3 N–H and O–H groups in total. The second-order valence-electron chi connectivity index (χ2n) is 5.34. The van der Waals surface area contributed by atoms with Gasteiger partial charge in [0.05, 0.1) is 6.10 Å². The average Bonchev–Trinajstić information content (AvgIpc) is 2.33. The summed E-state index contributed by atoms with van der Waals surface area (Å²) in [4.78, 5) is 4.06. The van der Waals surface area contributed by atoms with Crippen molar-refractivity contribution in [1.29, 1.82) is 0 Å². The summed E-state index contributed by atoms with van der Waals surface area (Å²) in [7, 11) is 0. The van der Waals surface area contributed by atoms with E-state index in [2.05, 4.69) is 11.9 Å². The van der Waals surface area contributed by atoms with Gasteiger partial charge in [0.2, 0.25) is 0 Å². The minimum absolute atomic E-state index is 0.269. The van der Waals surface area contributed by atoms with Crippen molar-refractivity contribution in [2.24, 2.45) is 11.8 Å². The molecule has 94 valence electrons. The smallest absolute Gasteiger partial charge is 0.126 e. The van der Waals surface area contributed by atoms with E-state index in [9.17, 15) is 5.11 Å². The minimum Gasteiger partial charge on any atom is -0.392 e. The van der Waals surface area contributed by atoms with E-state index in [4.69, 9.17) is 5.73 Å². The van der Waals surface area contributed by atoms with E-state index in [0.717, 1.165) is 24.3 Å². The first-order chi connectivity index (χ1) is 8.16. The summed E-state index contributed by atoms with van der Waals surface area (Å²) < 4.78 is 0. The molecule has 0 aliphatic heterocycles. The molecule has 0 aromatic carbocycles. The largest absolute Gasteiger partial charge is 0.392 e. The van der Waals surface area contributed by atoms with Gasteiger partial charge in [-0.1, -0.05) is 25.8 Å². The first kappa shape index (κ1) is 12.4. The second kappa shape index (κ2) is 5.50. The van der Waals surface area contributed by atoms with Gasteiger partial charge >= 0.3 is 0 Å². The molecule has 0 bridgehead atoms. The highest BCUT2D eigenvalue weighted by atomic mass is 16.3. The Morgan fingerprint density at radius 3 is 2.76 bits per heavy atom. The van der Waals surface area contributed by atoms with Crippen molar-refractivity contribution in [2.75, 3.05) is 5.73 Å². The standard InChI is InChI=1S/C14H22N2O/c1-10-4-6-11(7-5-10)13(17)9-12-3-2-8-16-14(12)15/h2-3,8,10-11,13,17H,4-7,9H2,1H3,(H2,15,16). The van der Waals surface area contributed by atoms with Crippen LogP contribution in [-0.4, -0.2) is 16.2 Å². The molecular weight excluding hydrogens is 212 g/mol. The maximum atomic E-state index is 10.3. The van der Waals surface area contributed by atoms with E-state index in [0.29, 0.717) is 18.2 Å². The molecule has 2 rings (SSSR count). The molecule has 1 heterocycles. The fraction of sp³-hybridized carbons (Fsp3) is 0.643. The third-order valence-electron chi connectivity index (χ3n) is 3.96. The number of nitrogen functional groups attached to an aromatic ring is 1. The Morgan fingerprint density at radius 1 is 1.41 bits per heavy atom. The molecule has 17 heavy (non-hydrogen) atoms. The summed E-state index contributed by atoms with van der Waals surface area (Å²) in [5.41, 5.74) is 6.77. The van der Waals surface area contributed by atoms with Crippen molar-refractivity contribution in [3.8, 4) is 0 Å². The molecule has 3 heteroatoms. The highest BCUT2D eigenvalue weighted by Gasteiger charge is 2.25. The molecule has 3 nitrogen and oxygen atoms in total. The van der Waals surface area contributed by atoms with E-state index in [-0.39, 0.29) is 6.10 Å². The molecule has 0 radical (unpaired) electrons. The number of nitrogens with two attached hydrogens (primary N) is 1. The van der Waals surface area contributed by atoms with Gasteiger partial charge in [-0.05, 0) is 36.3 Å². The van der Waals surface area contributed by atoms with Crippen molar-refractivity contribution in [1.82, 2.24) is 4.98 Å². The van der Waals surface area contributed by atoms with E-state index in [1.807, 2.05) is 12.1 Å². The van der Waals surface area contributed by atoms with Gasteiger partial charge in [-0.15, -0.1) is 0 Å². The van der Waals surface area contributed by atoms with Crippen LogP contribution in [0.25, 0.3) is 0 Å². The molecule has 1 aliphatic carbocycles. The van der Waals surface area contributed by atoms with Crippen LogP contribution in [0.2, 0.25) is 0 Å². The molecule has 1 unspecified atom stereocenters. The number of aliphatic hydroxyl groups excluding tert-OH is 1. The number of pyridine rings is 1. The van der Waals surface area contributed by atoms with Crippen molar-refractivity contribution >= 4 is 5.82 Å². The quantitative estimate of drug-likeness (QED) is 0.844. The third-order valence-corrected chi connectivity index (χ3v) is 3.96. The van der Waals surface area contributed by atoms with Crippen LogP contribution in [0.3, 0.4) is 0 Å². The third kappa shape index (κ3) is 3.19. The van der Waals surface area contributed by atoms with E-state index >= 15 is 0 Å². The molecule has 0 amide bonds. The van der Waals surface area contributed by atoms with Gasteiger partial charge in [-0.3, -0.25) is 0 Å². The van der Waals surface area contributed by atoms with Gasteiger partial charge < -0.3 is 10.8 Å². The zero-order valence-corrected chi connectivity index (χ0v) is 10.5. The van der Waals surface area contributed by atoms with Gasteiger partial charge in [0, 0.05) is 12.6 Å². The van der Waals surface area contributed by atoms with Crippen LogP contribution < -0.4 is 5.73 Å². The van der Waals surface area contributed by atoms with Crippen molar-refractivity contribution in [3.05, 3.63) is 23.9 Å². The van der Waals surface area contributed by atoms with E-state index in [1.165, 1.54) is 12.8 Å². The zero-order valence-electron chi connectivity index (χ0n) is 10.5. The lowest BCUT2D eigenvalue weighted by Gasteiger charge is -2.30. The predicted octanol–water partition coefficient (Wildman–Crippen LogP) is 2.39. The van der Waals surface area contributed by atoms with Crippen LogP contribution in [-0.2, 0) is 6.42 Å². The van der Waals surface area contributed by atoms with Gasteiger partial charge in [0.1, 0.15) is 5.82 Å². The van der Waals surface area contributed by atoms with Crippen LogP contribution in [0.4, 0.5) is 5.82 Å². The van der Waals surface area contributed by atoms with E-state index in [1.54, 1.807) is 6.20 Å². The van der Waals surface area contributed by atoms with Gasteiger partial charge in [0.15, 0.2) is 0 Å². The topological polar surface area (TPSA) is 59.1 Å². The SMILES string of the molecule is CC1CCC(C(O)Cc2cccnc2N)CC1. The summed E-state index contributed by atoms with van der Waals surface area (Å²) in [6, 6.07) is 3.83. The number of nitrogens with zero attached hydrogens (tertiary/aromatic N) is 1. The first-order valence-electron chi connectivity index (χ1n) is 6.54. The Balaban J connectivity index is 1.93. The van der Waals surface area contributed by atoms with Crippen molar-refractivity contribution in [3.63, 3.8) is 0 Å². The normalized spacial score (nSPS) is 26.7. The highest BCUT2D eigenvalue weighted by molar-refractivity contribution is 5.38. The van der Waals surface area contributed by atoms with Crippen LogP contribution in [0, 0.1) is 11.8 Å². The number of aromatic nitrogens is 1. The molecule has 1 saturated carbocycles. The number of anilines is 1. The summed E-state index contributed by atoms with van der Waals surface area (Å²) in [6.07, 6.45) is 6.82. The molecule has 0 spiro atoms. The Bertz CT molecular complexity index is 359. The first-order valence-corrected chi connectivity index (χ1v) is 6.54. The summed E-state index contributed by atoms with van der Waals surface area (Å²) >= 11 is 0. The lowest BCUT2D eigenvalue weighted by molar-refractivity contribution is 0.0761. The van der Waals surface area contributed by atoms with Gasteiger partial charge in [0.25, 0.3) is 0 Å². The summed E-state index contributed by atoms with van der Waals surface area (Å²) in [5, 5.41) is 10.3.